The Morgan fingerprint density at radius 1 is 1.08 bits per heavy atom. The molecule has 0 atom stereocenters. The van der Waals surface area contributed by atoms with Gasteiger partial charge in [0.05, 0.1) is 17.2 Å². The molecule has 0 saturated carbocycles. The number of halogens is 4. The molecular formula is C25H16F4N4O3. The average molecular weight is 496 g/mol. The first-order chi connectivity index (χ1) is 17.1. The minimum atomic E-state index is -2.11. The second kappa shape index (κ2) is 10.5. The van der Waals surface area contributed by atoms with E-state index in [1.807, 2.05) is 6.07 Å². The third-order valence-corrected chi connectivity index (χ3v) is 5.05. The standard InChI is InChI=1S/C25H16F4N4O3/c1-2-13(11-30)7-5-6-10-33-12-15(14-8-3-4-9-16(14)33)23(34)25(36)32-22-20(28)18(26)17(24(31)35)19(27)21(22)29/h2-9,12H,1,10H2,(H2,31,35)(H,32,36)/b6-5+,13-7+. The van der Waals surface area contributed by atoms with Gasteiger partial charge in [-0.3, -0.25) is 14.4 Å². The van der Waals surface area contributed by atoms with Crippen molar-refractivity contribution in [2.45, 2.75) is 6.54 Å². The van der Waals surface area contributed by atoms with Gasteiger partial charge in [0.2, 0.25) is 0 Å². The summed E-state index contributed by atoms with van der Waals surface area (Å²) in [5.41, 5.74) is 2.21. The summed E-state index contributed by atoms with van der Waals surface area (Å²) < 4.78 is 58.2. The van der Waals surface area contributed by atoms with Crippen molar-refractivity contribution in [3.8, 4) is 6.07 Å². The summed E-state index contributed by atoms with van der Waals surface area (Å²) in [6.07, 6.45) is 7.47. The molecule has 3 N–H and O–H groups in total. The SMILES string of the molecule is C=C/C(C#N)=C\C=C\Cn1cc(C(=O)C(=O)Nc2c(F)c(F)c(C(N)=O)c(F)c2F)c2ccccc21. The summed E-state index contributed by atoms with van der Waals surface area (Å²) in [7, 11) is 0. The van der Waals surface area contributed by atoms with Crippen molar-refractivity contribution in [3.63, 3.8) is 0 Å². The van der Waals surface area contributed by atoms with Crippen LogP contribution in [-0.2, 0) is 11.3 Å². The van der Waals surface area contributed by atoms with Gasteiger partial charge in [-0.15, -0.1) is 0 Å². The molecule has 0 fully saturated rings. The van der Waals surface area contributed by atoms with Gasteiger partial charge in [-0.2, -0.15) is 5.26 Å². The van der Waals surface area contributed by atoms with E-state index in [0.29, 0.717) is 16.5 Å². The molecule has 2 aromatic carbocycles. The van der Waals surface area contributed by atoms with E-state index >= 15 is 0 Å². The van der Waals surface area contributed by atoms with Crippen LogP contribution in [0.3, 0.4) is 0 Å². The van der Waals surface area contributed by atoms with Crippen LogP contribution in [0.5, 0.6) is 0 Å². The fourth-order valence-electron chi connectivity index (χ4n) is 3.33. The average Bonchev–Trinajstić information content (AvgIpc) is 3.23. The molecular weight excluding hydrogens is 480 g/mol. The lowest BCUT2D eigenvalue weighted by molar-refractivity contribution is -0.112. The number of aromatic nitrogens is 1. The molecule has 0 aliphatic carbocycles. The zero-order valence-corrected chi connectivity index (χ0v) is 18.3. The van der Waals surface area contributed by atoms with E-state index in [4.69, 9.17) is 11.0 Å². The molecule has 3 rings (SSSR count). The molecule has 1 aromatic heterocycles. The number of benzene rings is 2. The number of Topliss-reactive ketones (excluding diaryl/α,β-unsaturated/α-hetero) is 1. The Hall–Kier alpha value is -4.98. The minimum Gasteiger partial charge on any atom is -0.365 e. The normalized spacial score (nSPS) is 11.5. The summed E-state index contributed by atoms with van der Waals surface area (Å²) in [6.45, 7) is 3.72. The van der Waals surface area contributed by atoms with Crippen LogP contribution in [0.15, 0.2) is 66.9 Å². The van der Waals surface area contributed by atoms with Crippen molar-refractivity contribution in [1.29, 1.82) is 5.26 Å². The smallest absolute Gasteiger partial charge is 0.297 e. The number of nitrogens with one attached hydrogen (secondary N) is 1. The lowest BCUT2D eigenvalue weighted by Crippen LogP contribution is -2.26. The van der Waals surface area contributed by atoms with Gasteiger partial charge in [0.25, 0.3) is 17.6 Å². The molecule has 7 nitrogen and oxygen atoms in total. The van der Waals surface area contributed by atoms with E-state index in [1.54, 1.807) is 34.9 Å². The van der Waals surface area contributed by atoms with Crippen LogP contribution in [0.1, 0.15) is 20.7 Å². The van der Waals surface area contributed by atoms with E-state index in [0.717, 1.165) is 0 Å². The molecule has 3 aromatic rings. The van der Waals surface area contributed by atoms with Gasteiger partial charge >= 0.3 is 0 Å². The number of nitrogens with zero attached hydrogens (tertiary/aromatic N) is 2. The quantitative estimate of drug-likeness (QED) is 0.121. The fraction of sp³-hybridized carbons (Fsp3) is 0.0400. The van der Waals surface area contributed by atoms with Crippen molar-refractivity contribution >= 4 is 34.2 Å². The number of para-hydroxylation sites is 1. The Balaban J connectivity index is 1.95. The van der Waals surface area contributed by atoms with Gasteiger partial charge in [0.15, 0.2) is 23.3 Å². The number of primary amides is 1. The maximum atomic E-state index is 14.3. The van der Waals surface area contributed by atoms with Crippen LogP contribution >= 0.6 is 0 Å². The number of rotatable bonds is 8. The van der Waals surface area contributed by atoms with Gasteiger partial charge < -0.3 is 15.6 Å². The Morgan fingerprint density at radius 2 is 1.72 bits per heavy atom. The van der Waals surface area contributed by atoms with E-state index in [-0.39, 0.29) is 12.1 Å². The molecule has 1 heterocycles. The second-order valence-electron chi connectivity index (χ2n) is 7.23. The number of anilines is 1. The molecule has 36 heavy (non-hydrogen) atoms. The van der Waals surface area contributed by atoms with Gasteiger partial charge in [-0.25, -0.2) is 17.6 Å². The van der Waals surface area contributed by atoms with Crippen LogP contribution in [0.4, 0.5) is 23.2 Å². The molecule has 0 unspecified atom stereocenters. The van der Waals surface area contributed by atoms with Crippen LogP contribution in [0.2, 0.25) is 0 Å². The summed E-state index contributed by atoms with van der Waals surface area (Å²) in [5, 5.41) is 10.8. The number of nitriles is 1. The molecule has 182 valence electrons. The predicted octanol–water partition coefficient (Wildman–Crippen LogP) is 4.31. The van der Waals surface area contributed by atoms with Crippen LogP contribution in [0.25, 0.3) is 10.9 Å². The highest BCUT2D eigenvalue weighted by Crippen LogP contribution is 2.29. The summed E-state index contributed by atoms with van der Waals surface area (Å²) in [5.74, 6) is -13.0. The second-order valence-corrected chi connectivity index (χ2v) is 7.23. The molecule has 11 heteroatoms. The van der Waals surface area contributed by atoms with Gasteiger partial charge in [-0.05, 0) is 12.1 Å². The van der Waals surface area contributed by atoms with E-state index in [2.05, 4.69) is 6.58 Å². The lowest BCUT2D eigenvalue weighted by atomic mass is 10.1. The van der Waals surface area contributed by atoms with E-state index < -0.39 is 52.1 Å². The monoisotopic (exact) mass is 496 g/mol. The third-order valence-electron chi connectivity index (χ3n) is 5.05. The Labute approximate surface area is 201 Å². The Bertz CT molecular complexity index is 1500. The highest BCUT2D eigenvalue weighted by atomic mass is 19.2. The predicted molar refractivity (Wildman–Crippen MR) is 123 cm³/mol. The molecule has 0 aliphatic rings. The number of carbonyl (C=O) groups excluding carboxylic acids is 3. The first-order valence-corrected chi connectivity index (χ1v) is 10.1. The number of carbonyl (C=O) groups is 3. The molecule has 0 spiro atoms. The minimum absolute atomic E-state index is 0.147. The number of allylic oxidation sites excluding steroid dienone is 5. The van der Waals surface area contributed by atoms with Gasteiger partial charge in [-0.1, -0.05) is 43.0 Å². The van der Waals surface area contributed by atoms with Crippen LogP contribution < -0.4 is 11.1 Å². The third kappa shape index (κ3) is 4.78. The first kappa shape index (κ1) is 25.6. The number of amides is 2. The number of nitrogens with two attached hydrogens (primary N) is 1. The summed E-state index contributed by atoms with van der Waals surface area (Å²) in [6, 6.07) is 8.39. The summed E-state index contributed by atoms with van der Waals surface area (Å²) >= 11 is 0. The highest BCUT2D eigenvalue weighted by molar-refractivity contribution is 6.48. The van der Waals surface area contributed by atoms with Crippen molar-refractivity contribution < 1.29 is 31.9 Å². The van der Waals surface area contributed by atoms with Crippen molar-refractivity contribution in [3.05, 3.63) is 101 Å². The highest BCUT2D eigenvalue weighted by Gasteiger charge is 2.31. The molecule has 0 aliphatic heterocycles. The largest absolute Gasteiger partial charge is 0.365 e. The Kier molecular flexibility index (Phi) is 7.49. The summed E-state index contributed by atoms with van der Waals surface area (Å²) in [4.78, 5) is 36.4. The lowest BCUT2D eigenvalue weighted by Gasteiger charge is -2.11. The van der Waals surface area contributed by atoms with Crippen molar-refractivity contribution in [1.82, 2.24) is 4.57 Å². The van der Waals surface area contributed by atoms with Crippen molar-refractivity contribution in [2.24, 2.45) is 5.73 Å². The molecule has 0 bridgehead atoms. The number of hydrogen-bond acceptors (Lipinski definition) is 4. The van der Waals surface area contributed by atoms with Crippen molar-refractivity contribution in [2.75, 3.05) is 5.32 Å². The maximum absolute atomic E-state index is 14.3. The first-order valence-electron chi connectivity index (χ1n) is 10.1. The van der Waals surface area contributed by atoms with E-state index in [1.165, 1.54) is 29.7 Å². The zero-order valence-electron chi connectivity index (χ0n) is 18.3. The Morgan fingerprint density at radius 3 is 2.31 bits per heavy atom. The number of ketones is 1. The number of hydrogen-bond donors (Lipinski definition) is 2. The van der Waals surface area contributed by atoms with Crippen LogP contribution in [0, 0.1) is 34.6 Å². The molecule has 0 saturated heterocycles. The van der Waals surface area contributed by atoms with Gasteiger partial charge in [0.1, 0.15) is 11.3 Å². The van der Waals surface area contributed by atoms with Gasteiger partial charge in [0, 0.05) is 23.6 Å². The molecule has 2 amide bonds. The fourth-order valence-corrected chi connectivity index (χ4v) is 3.33. The topological polar surface area (TPSA) is 118 Å². The zero-order chi connectivity index (χ0) is 26.6. The number of fused-ring (bicyclic) bond motifs is 1. The van der Waals surface area contributed by atoms with E-state index in [9.17, 15) is 31.9 Å². The maximum Gasteiger partial charge on any atom is 0.297 e. The van der Waals surface area contributed by atoms with Crippen LogP contribution in [-0.4, -0.2) is 22.2 Å². The molecule has 0 radical (unpaired) electrons.